The number of esters is 1. The molecule has 0 fully saturated rings. The van der Waals surface area contributed by atoms with E-state index in [0.717, 1.165) is 28.5 Å². The standard InChI is InChI=1S/C36H36O7/c1-5-42-36(39)32-22(2)15-27-18-28(35(38)34(27)33(32)26-13-14-30(40-3)31(19-26)41-4)16-25-7-6-8-29(17-25)43-21-24-11-9-23(20-37)10-12-24/h6-14,16-17,19-20,22,32-33H,5,15,18,21H2,1-4H3. The van der Waals surface area contributed by atoms with Crippen LogP contribution in [0.4, 0.5) is 0 Å². The van der Waals surface area contributed by atoms with Gasteiger partial charge in [0.2, 0.25) is 0 Å². The van der Waals surface area contributed by atoms with Crippen molar-refractivity contribution in [2.75, 3.05) is 20.8 Å². The molecule has 3 aromatic carbocycles. The first-order valence-corrected chi connectivity index (χ1v) is 14.5. The van der Waals surface area contributed by atoms with Gasteiger partial charge in [-0.25, -0.2) is 0 Å². The van der Waals surface area contributed by atoms with Crippen LogP contribution in [0.15, 0.2) is 83.4 Å². The summed E-state index contributed by atoms with van der Waals surface area (Å²) < 4.78 is 22.5. The number of ketones is 1. The number of allylic oxidation sites excluding steroid dienone is 3. The molecule has 0 radical (unpaired) electrons. The van der Waals surface area contributed by atoms with Gasteiger partial charge in [-0.05, 0) is 72.7 Å². The van der Waals surface area contributed by atoms with E-state index in [4.69, 9.17) is 18.9 Å². The van der Waals surface area contributed by atoms with Crippen LogP contribution in [0, 0.1) is 11.8 Å². The van der Waals surface area contributed by atoms with E-state index in [1.54, 1.807) is 33.3 Å². The lowest BCUT2D eigenvalue weighted by molar-refractivity contribution is -0.150. The summed E-state index contributed by atoms with van der Waals surface area (Å²) in [7, 11) is 3.15. The SMILES string of the molecule is CCOC(=O)C1C(C)CC2=C(C(=O)C(=Cc3cccc(OCc4ccc(C=O)cc4)c3)C2)C1c1ccc(OC)c(OC)c1. The van der Waals surface area contributed by atoms with Crippen LogP contribution in [0.25, 0.3) is 6.08 Å². The van der Waals surface area contributed by atoms with Gasteiger partial charge in [0.25, 0.3) is 0 Å². The molecule has 7 nitrogen and oxygen atoms in total. The van der Waals surface area contributed by atoms with Gasteiger partial charge in [-0.1, -0.05) is 55.0 Å². The topological polar surface area (TPSA) is 88.1 Å². The molecule has 0 bridgehead atoms. The number of benzene rings is 3. The largest absolute Gasteiger partial charge is 0.493 e. The predicted molar refractivity (Wildman–Crippen MR) is 163 cm³/mol. The second-order valence-corrected chi connectivity index (χ2v) is 11.0. The molecule has 0 heterocycles. The van der Waals surface area contributed by atoms with Gasteiger partial charge in [-0.2, -0.15) is 0 Å². The molecular formula is C36H36O7. The number of hydrogen-bond donors (Lipinski definition) is 0. The summed E-state index contributed by atoms with van der Waals surface area (Å²) in [6, 6.07) is 20.5. The first-order valence-electron chi connectivity index (χ1n) is 14.5. The number of aldehydes is 1. The molecule has 0 amide bonds. The quantitative estimate of drug-likeness (QED) is 0.149. The summed E-state index contributed by atoms with van der Waals surface area (Å²) in [6.07, 6.45) is 3.91. The van der Waals surface area contributed by atoms with Gasteiger partial charge in [0.15, 0.2) is 17.3 Å². The van der Waals surface area contributed by atoms with Crippen LogP contribution in [-0.2, 0) is 20.9 Å². The van der Waals surface area contributed by atoms with Crippen molar-refractivity contribution in [1.29, 1.82) is 0 Å². The van der Waals surface area contributed by atoms with Gasteiger partial charge >= 0.3 is 5.97 Å². The van der Waals surface area contributed by atoms with Crippen LogP contribution < -0.4 is 14.2 Å². The molecule has 2 aliphatic rings. The molecule has 3 atom stereocenters. The van der Waals surface area contributed by atoms with E-state index < -0.39 is 11.8 Å². The third-order valence-electron chi connectivity index (χ3n) is 8.22. The second-order valence-electron chi connectivity index (χ2n) is 11.0. The lowest BCUT2D eigenvalue weighted by atomic mass is 9.67. The number of ether oxygens (including phenoxy) is 4. The predicted octanol–water partition coefficient (Wildman–Crippen LogP) is 6.75. The zero-order valence-corrected chi connectivity index (χ0v) is 24.9. The third kappa shape index (κ3) is 6.26. The number of methoxy groups -OCH3 is 2. The van der Waals surface area contributed by atoms with Crippen molar-refractivity contribution in [3.63, 3.8) is 0 Å². The van der Waals surface area contributed by atoms with Gasteiger partial charge in [0.1, 0.15) is 18.6 Å². The maximum atomic E-state index is 14.1. The highest BCUT2D eigenvalue weighted by molar-refractivity contribution is 6.16. The van der Waals surface area contributed by atoms with Crippen LogP contribution in [-0.4, -0.2) is 38.9 Å². The Hall–Kier alpha value is -4.65. The number of hydrogen-bond acceptors (Lipinski definition) is 7. The second kappa shape index (κ2) is 13.1. The Morgan fingerprint density at radius 3 is 2.42 bits per heavy atom. The Balaban J connectivity index is 1.44. The van der Waals surface area contributed by atoms with Crippen molar-refractivity contribution in [3.05, 3.63) is 106 Å². The Labute approximate surface area is 252 Å². The van der Waals surface area contributed by atoms with Gasteiger partial charge in [-0.3, -0.25) is 14.4 Å². The molecule has 0 spiro atoms. The minimum absolute atomic E-state index is 0.0135. The fourth-order valence-electron chi connectivity index (χ4n) is 6.20. The number of carbonyl (C=O) groups excluding carboxylic acids is 3. The Morgan fingerprint density at radius 2 is 1.72 bits per heavy atom. The highest BCUT2D eigenvalue weighted by Crippen LogP contribution is 2.52. The van der Waals surface area contributed by atoms with Crippen molar-refractivity contribution in [1.82, 2.24) is 0 Å². The summed E-state index contributed by atoms with van der Waals surface area (Å²) in [5.41, 5.74) is 5.68. The van der Waals surface area contributed by atoms with Crippen LogP contribution in [0.3, 0.4) is 0 Å². The average molecular weight is 581 g/mol. The van der Waals surface area contributed by atoms with E-state index >= 15 is 0 Å². The number of carbonyl (C=O) groups is 3. The molecule has 222 valence electrons. The zero-order chi connectivity index (χ0) is 30.5. The maximum absolute atomic E-state index is 14.1. The summed E-state index contributed by atoms with van der Waals surface area (Å²) in [5.74, 6) is 0.483. The van der Waals surface area contributed by atoms with Crippen LogP contribution in [0.5, 0.6) is 17.2 Å². The first kappa shape index (κ1) is 29.8. The molecular weight excluding hydrogens is 544 g/mol. The Morgan fingerprint density at radius 1 is 0.953 bits per heavy atom. The van der Waals surface area contributed by atoms with Crippen LogP contribution >= 0.6 is 0 Å². The zero-order valence-electron chi connectivity index (χ0n) is 24.9. The molecule has 7 heteroatoms. The average Bonchev–Trinajstić information content (AvgIpc) is 3.33. The van der Waals surface area contributed by atoms with E-state index in [1.165, 1.54) is 0 Å². The van der Waals surface area contributed by atoms with E-state index in [1.807, 2.05) is 60.7 Å². The van der Waals surface area contributed by atoms with Gasteiger partial charge in [-0.15, -0.1) is 0 Å². The monoisotopic (exact) mass is 580 g/mol. The van der Waals surface area contributed by atoms with Crippen molar-refractivity contribution >= 4 is 24.1 Å². The highest BCUT2D eigenvalue weighted by atomic mass is 16.5. The number of Topliss-reactive ketones (excluding diaryl/α,β-unsaturated/α-hetero) is 1. The molecule has 0 aromatic heterocycles. The summed E-state index contributed by atoms with van der Waals surface area (Å²) in [5, 5.41) is 0. The van der Waals surface area contributed by atoms with Crippen molar-refractivity contribution in [3.8, 4) is 17.2 Å². The smallest absolute Gasteiger partial charge is 0.310 e. The van der Waals surface area contributed by atoms with E-state index in [9.17, 15) is 14.4 Å². The molecule has 3 unspecified atom stereocenters. The lowest BCUT2D eigenvalue weighted by Gasteiger charge is -2.36. The fourth-order valence-corrected chi connectivity index (χ4v) is 6.20. The Kier molecular flexibility index (Phi) is 9.10. The molecule has 0 saturated carbocycles. The van der Waals surface area contributed by atoms with Crippen LogP contribution in [0.1, 0.15) is 59.7 Å². The van der Waals surface area contributed by atoms with Crippen molar-refractivity contribution < 1.29 is 33.3 Å². The van der Waals surface area contributed by atoms with E-state index in [0.29, 0.717) is 53.4 Å². The van der Waals surface area contributed by atoms with Crippen LogP contribution in [0.2, 0.25) is 0 Å². The maximum Gasteiger partial charge on any atom is 0.310 e. The fraction of sp³-hybridized carbons (Fsp3) is 0.306. The lowest BCUT2D eigenvalue weighted by Crippen LogP contribution is -2.35. The highest BCUT2D eigenvalue weighted by Gasteiger charge is 2.47. The Bertz CT molecular complexity index is 1580. The van der Waals surface area contributed by atoms with Gasteiger partial charge < -0.3 is 18.9 Å². The van der Waals surface area contributed by atoms with Crippen molar-refractivity contribution in [2.45, 2.75) is 39.2 Å². The number of rotatable bonds is 10. The van der Waals surface area contributed by atoms with Gasteiger partial charge in [0.05, 0.1) is 26.7 Å². The summed E-state index contributed by atoms with van der Waals surface area (Å²) in [4.78, 5) is 38.3. The molecule has 43 heavy (non-hydrogen) atoms. The summed E-state index contributed by atoms with van der Waals surface area (Å²) in [6.45, 7) is 4.48. The van der Waals surface area contributed by atoms with Gasteiger partial charge in [0, 0.05) is 22.6 Å². The normalized spacial score (nSPS) is 20.5. The summed E-state index contributed by atoms with van der Waals surface area (Å²) >= 11 is 0. The van der Waals surface area contributed by atoms with E-state index in [2.05, 4.69) is 6.92 Å². The minimum Gasteiger partial charge on any atom is -0.493 e. The first-order chi connectivity index (χ1) is 20.9. The molecule has 0 aliphatic heterocycles. The van der Waals surface area contributed by atoms with Crippen molar-refractivity contribution in [2.24, 2.45) is 11.8 Å². The third-order valence-corrected chi connectivity index (χ3v) is 8.22. The molecule has 2 aliphatic carbocycles. The molecule has 0 saturated heterocycles. The molecule has 5 rings (SSSR count). The minimum atomic E-state index is -0.502. The molecule has 3 aromatic rings. The van der Waals surface area contributed by atoms with E-state index in [-0.39, 0.29) is 24.3 Å². The molecule has 0 N–H and O–H groups in total.